The molecule has 1 aliphatic carbocycles. The summed E-state index contributed by atoms with van der Waals surface area (Å²) >= 11 is 1.46. The van der Waals surface area contributed by atoms with E-state index in [1.807, 2.05) is 0 Å². The van der Waals surface area contributed by atoms with Gasteiger partial charge in [0.15, 0.2) is 6.61 Å². The third-order valence-corrected chi connectivity index (χ3v) is 5.22. The topological polar surface area (TPSA) is 105 Å². The van der Waals surface area contributed by atoms with Crippen LogP contribution in [0.1, 0.15) is 39.2 Å². The Bertz CT molecular complexity index is 867. The van der Waals surface area contributed by atoms with Crippen LogP contribution in [0.25, 0.3) is 0 Å². The zero-order chi connectivity index (χ0) is 17.8. The largest absolute Gasteiger partial charge is 0.483 e. The third-order valence-electron chi connectivity index (χ3n) is 4.01. The molecule has 1 aromatic heterocycles. The van der Waals surface area contributed by atoms with Crippen molar-refractivity contribution < 1.29 is 14.3 Å². The molecule has 7 heteroatoms. The second kappa shape index (κ2) is 7.36. The van der Waals surface area contributed by atoms with Gasteiger partial charge in [0.05, 0.1) is 11.1 Å². The Morgan fingerprint density at radius 2 is 2.04 bits per heavy atom. The number of nitrogens with zero attached hydrogens (tertiary/aromatic N) is 1. The number of anilines is 1. The van der Waals surface area contributed by atoms with E-state index in [1.165, 1.54) is 16.2 Å². The molecule has 1 heterocycles. The molecule has 0 unspecified atom stereocenters. The number of ether oxygens (including phenoxy) is 1. The second-order valence-corrected chi connectivity index (χ2v) is 6.84. The minimum atomic E-state index is -0.618. The fourth-order valence-electron chi connectivity index (χ4n) is 2.87. The number of fused-ring (bicyclic) bond motifs is 1. The molecule has 1 aliphatic rings. The molecule has 0 fully saturated rings. The molecule has 6 nitrogen and oxygen atoms in total. The van der Waals surface area contributed by atoms with Gasteiger partial charge in [-0.05, 0) is 43.4 Å². The van der Waals surface area contributed by atoms with Gasteiger partial charge in [0.25, 0.3) is 11.8 Å². The summed E-state index contributed by atoms with van der Waals surface area (Å²) in [7, 11) is 0. The summed E-state index contributed by atoms with van der Waals surface area (Å²) in [6.45, 7) is -0.305. The molecular weight excluding hydrogens is 338 g/mol. The molecule has 0 saturated carbocycles. The third kappa shape index (κ3) is 3.64. The lowest BCUT2D eigenvalue weighted by molar-refractivity contribution is -0.119. The number of primary amides is 1. The van der Waals surface area contributed by atoms with Crippen molar-refractivity contribution in [1.29, 1.82) is 5.26 Å². The number of nitriles is 1. The predicted octanol–water partition coefficient (Wildman–Crippen LogP) is 2.61. The van der Waals surface area contributed by atoms with Crippen LogP contribution in [0.3, 0.4) is 0 Å². The quantitative estimate of drug-likeness (QED) is 0.860. The maximum absolute atomic E-state index is 12.7. The Morgan fingerprint density at radius 3 is 2.80 bits per heavy atom. The van der Waals surface area contributed by atoms with Crippen LogP contribution < -0.4 is 15.8 Å². The van der Waals surface area contributed by atoms with Gasteiger partial charge in [-0.15, -0.1) is 11.3 Å². The molecule has 0 saturated heterocycles. The summed E-state index contributed by atoms with van der Waals surface area (Å²) in [6.07, 6.45) is 4.00. The number of nitrogens with two attached hydrogens (primary N) is 1. The van der Waals surface area contributed by atoms with Crippen molar-refractivity contribution in [3.05, 3.63) is 45.8 Å². The molecule has 25 heavy (non-hydrogen) atoms. The molecule has 128 valence electrons. The van der Waals surface area contributed by atoms with Crippen LogP contribution in [-0.2, 0) is 17.6 Å². The highest BCUT2D eigenvalue weighted by molar-refractivity contribution is 7.16. The molecule has 0 bridgehead atoms. The summed E-state index contributed by atoms with van der Waals surface area (Å²) in [5, 5.41) is 12.9. The number of rotatable bonds is 5. The molecule has 3 rings (SSSR count). The first-order chi connectivity index (χ1) is 12.1. The number of para-hydroxylation sites is 1. The van der Waals surface area contributed by atoms with Gasteiger partial charge in [0.2, 0.25) is 0 Å². The average Bonchev–Trinajstić information content (AvgIpc) is 2.97. The number of benzene rings is 1. The van der Waals surface area contributed by atoms with Crippen molar-refractivity contribution >= 4 is 28.2 Å². The Balaban J connectivity index is 1.85. The Morgan fingerprint density at radius 1 is 1.28 bits per heavy atom. The Kier molecular flexibility index (Phi) is 5.00. The highest BCUT2D eigenvalue weighted by Gasteiger charge is 2.23. The van der Waals surface area contributed by atoms with E-state index in [1.54, 1.807) is 24.3 Å². The number of hydrogen-bond donors (Lipinski definition) is 2. The number of thiophene rings is 1. The zero-order valence-electron chi connectivity index (χ0n) is 13.5. The van der Waals surface area contributed by atoms with Crippen LogP contribution in [0, 0.1) is 11.3 Å². The van der Waals surface area contributed by atoms with Crippen molar-refractivity contribution in [3.63, 3.8) is 0 Å². The van der Waals surface area contributed by atoms with Gasteiger partial charge < -0.3 is 15.8 Å². The number of hydrogen-bond acceptors (Lipinski definition) is 5. The van der Waals surface area contributed by atoms with E-state index in [4.69, 9.17) is 10.5 Å². The SMILES string of the molecule is N#Cc1c(NC(=O)c2ccccc2OCC(N)=O)sc2c1CCCC2. The van der Waals surface area contributed by atoms with Crippen molar-refractivity contribution in [3.8, 4) is 11.8 Å². The second-order valence-electron chi connectivity index (χ2n) is 5.73. The number of carbonyl (C=O) groups excluding carboxylic acids is 2. The van der Waals surface area contributed by atoms with Crippen molar-refractivity contribution in [2.75, 3.05) is 11.9 Å². The summed E-state index contributed by atoms with van der Waals surface area (Å²) < 4.78 is 5.30. The van der Waals surface area contributed by atoms with Gasteiger partial charge in [-0.25, -0.2) is 0 Å². The van der Waals surface area contributed by atoms with Crippen LogP contribution in [0.5, 0.6) is 5.75 Å². The van der Waals surface area contributed by atoms with Gasteiger partial charge in [-0.2, -0.15) is 5.26 Å². The van der Waals surface area contributed by atoms with Crippen LogP contribution in [0.4, 0.5) is 5.00 Å². The van der Waals surface area contributed by atoms with E-state index in [-0.39, 0.29) is 18.3 Å². The van der Waals surface area contributed by atoms with Crippen LogP contribution in [-0.4, -0.2) is 18.4 Å². The molecule has 3 N–H and O–H groups in total. The zero-order valence-corrected chi connectivity index (χ0v) is 14.3. The summed E-state index contributed by atoms with van der Waals surface area (Å²) in [4.78, 5) is 24.7. The fourth-order valence-corrected chi connectivity index (χ4v) is 4.11. The van der Waals surface area contributed by atoms with Crippen LogP contribution >= 0.6 is 11.3 Å². The first-order valence-electron chi connectivity index (χ1n) is 7.96. The number of carbonyl (C=O) groups is 2. The molecule has 2 aromatic rings. The number of aryl methyl sites for hydroxylation is 1. The monoisotopic (exact) mass is 355 g/mol. The van der Waals surface area contributed by atoms with Gasteiger partial charge in [0, 0.05) is 4.88 Å². The predicted molar refractivity (Wildman–Crippen MR) is 94.8 cm³/mol. The average molecular weight is 355 g/mol. The van der Waals surface area contributed by atoms with Crippen molar-refractivity contribution in [2.45, 2.75) is 25.7 Å². The van der Waals surface area contributed by atoms with Crippen LogP contribution in [0.2, 0.25) is 0 Å². The van der Waals surface area contributed by atoms with E-state index in [0.29, 0.717) is 16.1 Å². The van der Waals surface area contributed by atoms with Crippen molar-refractivity contribution in [1.82, 2.24) is 0 Å². The van der Waals surface area contributed by atoms with E-state index >= 15 is 0 Å². The van der Waals surface area contributed by atoms with Crippen LogP contribution in [0.15, 0.2) is 24.3 Å². The molecule has 1 aromatic carbocycles. The van der Waals surface area contributed by atoms with Gasteiger partial charge in [-0.3, -0.25) is 9.59 Å². The summed E-state index contributed by atoms with van der Waals surface area (Å²) in [5.74, 6) is -0.721. The molecule has 0 atom stereocenters. The van der Waals surface area contributed by atoms with Gasteiger partial charge in [0.1, 0.15) is 16.8 Å². The lowest BCUT2D eigenvalue weighted by Gasteiger charge is -2.10. The smallest absolute Gasteiger partial charge is 0.260 e. The molecule has 0 spiro atoms. The molecule has 0 aliphatic heterocycles. The minimum absolute atomic E-state index is 0.277. The van der Waals surface area contributed by atoms with E-state index in [0.717, 1.165) is 31.2 Å². The van der Waals surface area contributed by atoms with Gasteiger partial charge >= 0.3 is 0 Å². The van der Waals surface area contributed by atoms with E-state index < -0.39 is 5.91 Å². The number of nitrogens with one attached hydrogen (secondary N) is 1. The lowest BCUT2D eigenvalue weighted by Crippen LogP contribution is -2.21. The first kappa shape index (κ1) is 17.0. The molecule has 2 amide bonds. The van der Waals surface area contributed by atoms with Crippen molar-refractivity contribution in [2.24, 2.45) is 5.73 Å². The maximum Gasteiger partial charge on any atom is 0.260 e. The van der Waals surface area contributed by atoms with Gasteiger partial charge in [-0.1, -0.05) is 12.1 Å². The molecular formula is C18H17N3O3S. The van der Waals surface area contributed by atoms with E-state index in [9.17, 15) is 14.9 Å². The summed E-state index contributed by atoms with van der Waals surface area (Å²) in [5.41, 5.74) is 7.00. The lowest BCUT2D eigenvalue weighted by atomic mass is 9.96. The number of amides is 2. The Labute approximate surface area is 149 Å². The normalized spacial score (nSPS) is 12.8. The summed E-state index contributed by atoms with van der Waals surface area (Å²) in [6, 6.07) is 8.83. The fraction of sp³-hybridized carbons (Fsp3) is 0.278. The standard InChI is InChI=1S/C18H17N3O3S/c19-9-13-11-5-2-4-8-15(11)25-18(13)21-17(23)12-6-1-3-7-14(12)24-10-16(20)22/h1,3,6-7H,2,4-5,8,10H2,(H2,20,22)(H,21,23). The van der Waals surface area contributed by atoms with E-state index in [2.05, 4.69) is 11.4 Å². The highest BCUT2D eigenvalue weighted by Crippen LogP contribution is 2.38. The minimum Gasteiger partial charge on any atom is -0.483 e. The highest BCUT2D eigenvalue weighted by atomic mass is 32.1. The first-order valence-corrected chi connectivity index (χ1v) is 8.78. The molecule has 0 radical (unpaired) electrons. The maximum atomic E-state index is 12.7. The Hall–Kier alpha value is -2.85.